The fourth-order valence-corrected chi connectivity index (χ4v) is 4.30. The summed E-state index contributed by atoms with van der Waals surface area (Å²) in [6.07, 6.45) is 0.452. The van der Waals surface area contributed by atoms with E-state index < -0.39 is 28.5 Å². The van der Waals surface area contributed by atoms with Crippen molar-refractivity contribution in [3.8, 4) is 0 Å². The fraction of sp³-hybridized carbons (Fsp3) is 0.222. The molecule has 0 atom stereocenters. The number of halogens is 3. The topological polar surface area (TPSA) is 102 Å². The second-order valence-corrected chi connectivity index (χ2v) is 8.96. The maximum absolute atomic E-state index is 12.2. The van der Waals surface area contributed by atoms with E-state index in [1.54, 1.807) is 6.92 Å². The molecule has 11 heteroatoms. The van der Waals surface area contributed by atoms with Gasteiger partial charge in [-0.25, -0.2) is 13.2 Å². The SMILES string of the molecule is CCCS(=O)(=O)Nc1cccc(C(=O)OCC(=O)Nc2c(Cl)cc(Cl)cc2Cl)c1. The largest absolute Gasteiger partial charge is 0.452 e. The van der Waals surface area contributed by atoms with Gasteiger partial charge in [0.05, 0.1) is 27.0 Å². The Hall–Kier alpha value is -2.00. The number of sulfonamides is 1. The third kappa shape index (κ3) is 7.08. The Morgan fingerprint density at radius 3 is 2.34 bits per heavy atom. The molecule has 29 heavy (non-hydrogen) atoms. The molecule has 0 saturated heterocycles. The van der Waals surface area contributed by atoms with Crippen LogP contribution in [0.15, 0.2) is 36.4 Å². The number of benzene rings is 2. The number of carbonyl (C=O) groups is 2. The molecule has 0 spiro atoms. The van der Waals surface area contributed by atoms with Crippen LogP contribution >= 0.6 is 34.8 Å². The number of ether oxygens (including phenoxy) is 1. The quantitative estimate of drug-likeness (QED) is 0.539. The number of nitrogens with one attached hydrogen (secondary N) is 2. The molecule has 0 fully saturated rings. The molecule has 0 saturated carbocycles. The number of rotatable bonds is 8. The Balaban J connectivity index is 1.99. The van der Waals surface area contributed by atoms with Crippen LogP contribution in [0.2, 0.25) is 15.1 Å². The lowest BCUT2D eigenvalue weighted by atomic mass is 10.2. The van der Waals surface area contributed by atoms with Crippen LogP contribution in [0.3, 0.4) is 0 Å². The summed E-state index contributed by atoms with van der Waals surface area (Å²) in [5.74, 6) is -1.51. The molecule has 0 bridgehead atoms. The molecule has 0 aliphatic heterocycles. The molecule has 2 aromatic rings. The molecule has 2 rings (SSSR count). The average molecular weight is 480 g/mol. The summed E-state index contributed by atoms with van der Waals surface area (Å²) in [6.45, 7) is 1.14. The molecule has 7 nitrogen and oxygen atoms in total. The van der Waals surface area contributed by atoms with Gasteiger partial charge in [-0.15, -0.1) is 0 Å². The minimum atomic E-state index is -3.50. The van der Waals surface area contributed by atoms with Crippen LogP contribution < -0.4 is 10.0 Å². The number of carbonyl (C=O) groups excluding carboxylic acids is 2. The monoisotopic (exact) mass is 478 g/mol. The predicted octanol–water partition coefficient (Wildman–Crippen LogP) is 4.59. The third-order valence-corrected chi connectivity index (χ3v) is 5.76. The van der Waals surface area contributed by atoms with Crippen LogP contribution in [0, 0.1) is 0 Å². The highest BCUT2D eigenvalue weighted by atomic mass is 35.5. The van der Waals surface area contributed by atoms with Crippen LogP contribution in [-0.2, 0) is 19.6 Å². The third-order valence-electron chi connectivity index (χ3n) is 3.45. The van der Waals surface area contributed by atoms with E-state index in [2.05, 4.69) is 10.0 Å². The summed E-state index contributed by atoms with van der Waals surface area (Å²) in [5.41, 5.74) is 0.445. The molecule has 1 amide bonds. The molecular weight excluding hydrogens is 463 g/mol. The molecule has 2 aromatic carbocycles. The zero-order valence-electron chi connectivity index (χ0n) is 15.2. The van der Waals surface area contributed by atoms with Crippen molar-refractivity contribution in [3.05, 3.63) is 57.0 Å². The molecule has 0 aliphatic rings. The Morgan fingerprint density at radius 1 is 1.07 bits per heavy atom. The molecule has 0 aromatic heterocycles. The molecule has 0 unspecified atom stereocenters. The Kier molecular flexibility index (Phi) is 8.15. The molecule has 0 radical (unpaired) electrons. The minimum absolute atomic E-state index is 0.0440. The van der Waals surface area contributed by atoms with Gasteiger partial charge in [0.1, 0.15) is 0 Å². The Bertz CT molecular complexity index is 1000. The predicted molar refractivity (Wildman–Crippen MR) is 115 cm³/mol. The van der Waals surface area contributed by atoms with Crippen molar-refractivity contribution in [1.29, 1.82) is 0 Å². The van der Waals surface area contributed by atoms with E-state index in [9.17, 15) is 18.0 Å². The summed E-state index contributed by atoms with van der Waals surface area (Å²) in [5, 5.41) is 3.01. The summed E-state index contributed by atoms with van der Waals surface area (Å²) < 4.78 is 31.0. The van der Waals surface area contributed by atoms with Crippen molar-refractivity contribution in [1.82, 2.24) is 0 Å². The first-order valence-electron chi connectivity index (χ1n) is 8.33. The summed E-state index contributed by atoms with van der Waals surface area (Å²) in [7, 11) is -3.50. The number of anilines is 2. The molecule has 0 aliphatic carbocycles. The highest BCUT2D eigenvalue weighted by Crippen LogP contribution is 2.33. The van der Waals surface area contributed by atoms with Gasteiger partial charge in [-0.05, 0) is 36.8 Å². The van der Waals surface area contributed by atoms with E-state index in [1.807, 2.05) is 0 Å². The summed E-state index contributed by atoms with van der Waals surface area (Å²) in [6, 6.07) is 8.56. The van der Waals surface area contributed by atoms with Crippen LogP contribution in [0.1, 0.15) is 23.7 Å². The van der Waals surface area contributed by atoms with Crippen LogP contribution in [0.4, 0.5) is 11.4 Å². The zero-order chi connectivity index (χ0) is 21.6. The van der Waals surface area contributed by atoms with Crippen LogP contribution in [-0.4, -0.2) is 32.7 Å². The van der Waals surface area contributed by atoms with Crippen LogP contribution in [0.25, 0.3) is 0 Å². The smallest absolute Gasteiger partial charge is 0.338 e. The van der Waals surface area contributed by atoms with Gasteiger partial charge in [0.2, 0.25) is 10.0 Å². The highest BCUT2D eigenvalue weighted by Gasteiger charge is 2.15. The van der Waals surface area contributed by atoms with Crippen molar-refractivity contribution in [3.63, 3.8) is 0 Å². The maximum atomic E-state index is 12.2. The highest BCUT2D eigenvalue weighted by molar-refractivity contribution is 7.92. The minimum Gasteiger partial charge on any atom is -0.452 e. The molecule has 156 valence electrons. The standard InChI is InChI=1S/C18H17Cl3N2O5S/c1-2-6-29(26,27)23-13-5-3-4-11(7-13)18(25)28-10-16(24)22-17-14(20)8-12(19)9-15(17)21/h3-5,7-9,23H,2,6,10H2,1H3,(H,22,24). The van der Waals surface area contributed by atoms with Crippen molar-refractivity contribution in [2.45, 2.75) is 13.3 Å². The Morgan fingerprint density at radius 2 is 1.72 bits per heavy atom. The number of amides is 1. The maximum Gasteiger partial charge on any atom is 0.338 e. The van der Waals surface area contributed by atoms with Gasteiger partial charge in [0.15, 0.2) is 6.61 Å². The van der Waals surface area contributed by atoms with Gasteiger partial charge in [-0.2, -0.15) is 0 Å². The molecule has 0 heterocycles. The van der Waals surface area contributed by atoms with E-state index in [0.717, 1.165) is 0 Å². The zero-order valence-corrected chi connectivity index (χ0v) is 18.3. The molecule has 2 N–H and O–H groups in total. The van der Waals surface area contributed by atoms with E-state index >= 15 is 0 Å². The van der Waals surface area contributed by atoms with Gasteiger partial charge in [0, 0.05) is 10.7 Å². The van der Waals surface area contributed by atoms with Crippen molar-refractivity contribution in [2.75, 3.05) is 22.4 Å². The van der Waals surface area contributed by atoms with Gasteiger partial charge in [-0.1, -0.05) is 47.8 Å². The number of hydrogen-bond acceptors (Lipinski definition) is 5. The lowest BCUT2D eigenvalue weighted by molar-refractivity contribution is -0.119. The van der Waals surface area contributed by atoms with Gasteiger partial charge in [0.25, 0.3) is 5.91 Å². The van der Waals surface area contributed by atoms with Gasteiger partial charge in [-0.3, -0.25) is 9.52 Å². The van der Waals surface area contributed by atoms with Gasteiger partial charge >= 0.3 is 5.97 Å². The molecular formula is C18H17Cl3N2O5S. The lowest BCUT2D eigenvalue weighted by Crippen LogP contribution is -2.21. The summed E-state index contributed by atoms with van der Waals surface area (Å²) >= 11 is 17.8. The van der Waals surface area contributed by atoms with E-state index in [0.29, 0.717) is 11.4 Å². The van der Waals surface area contributed by atoms with Crippen molar-refractivity contribution in [2.24, 2.45) is 0 Å². The normalized spacial score (nSPS) is 11.0. The second kappa shape index (κ2) is 10.2. The van der Waals surface area contributed by atoms with E-state index in [-0.39, 0.29) is 32.7 Å². The van der Waals surface area contributed by atoms with Crippen molar-refractivity contribution >= 4 is 68.1 Å². The number of hydrogen-bond donors (Lipinski definition) is 2. The van der Waals surface area contributed by atoms with Gasteiger partial charge < -0.3 is 10.1 Å². The lowest BCUT2D eigenvalue weighted by Gasteiger charge is -2.11. The first kappa shape index (κ1) is 23.3. The van der Waals surface area contributed by atoms with E-state index in [4.69, 9.17) is 39.5 Å². The Labute approximate surface area is 183 Å². The number of esters is 1. The van der Waals surface area contributed by atoms with Crippen LogP contribution in [0.5, 0.6) is 0 Å². The first-order chi connectivity index (χ1) is 13.6. The fourth-order valence-electron chi connectivity index (χ4n) is 2.26. The average Bonchev–Trinajstić information content (AvgIpc) is 2.62. The second-order valence-electron chi connectivity index (χ2n) is 5.87. The summed E-state index contributed by atoms with van der Waals surface area (Å²) in [4.78, 5) is 24.2. The van der Waals surface area contributed by atoms with E-state index in [1.165, 1.54) is 36.4 Å². The first-order valence-corrected chi connectivity index (χ1v) is 11.1. The van der Waals surface area contributed by atoms with Crippen molar-refractivity contribution < 1.29 is 22.7 Å².